The van der Waals surface area contributed by atoms with Gasteiger partial charge in [0.2, 0.25) is 0 Å². The zero-order valence-electron chi connectivity index (χ0n) is 10.3. The lowest BCUT2D eigenvalue weighted by Gasteiger charge is -2.23. The van der Waals surface area contributed by atoms with Crippen molar-refractivity contribution in [3.8, 4) is 0 Å². The fourth-order valence-corrected chi connectivity index (χ4v) is 2.09. The summed E-state index contributed by atoms with van der Waals surface area (Å²) < 4.78 is 10.7. The normalized spacial score (nSPS) is 19.3. The molecule has 0 bridgehead atoms. The second-order valence-corrected chi connectivity index (χ2v) is 4.67. The van der Waals surface area contributed by atoms with Crippen LogP contribution in [0.1, 0.15) is 5.56 Å². The van der Waals surface area contributed by atoms with E-state index in [0.29, 0.717) is 43.5 Å². The van der Waals surface area contributed by atoms with E-state index in [1.807, 2.05) is 0 Å². The zero-order chi connectivity index (χ0) is 13.7. The summed E-state index contributed by atoms with van der Waals surface area (Å²) in [6, 6.07) is 4.53. The topological polar surface area (TPSA) is 73.6 Å². The standard InChI is InChI=1S/C12H15ClN2O4/c13-10-1-2-12(15(16)17)9(5-10)6-14-7-11-8-18-3-4-19-11/h1-2,5,11,14H,3-4,6-8H2. The van der Waals surface area contributed by atoms with E-state index >= 15 is 0 Å². The molecule has 0 aliphatic carbocycles. The van der Waals surface area contributed by atoms with Crippen molar-refractivity contribution in [2.45, 2.75) is 12.6 Å². The Balaban J connectivity index is 1.91. The van der Waals surface area contributed by atoms with Gasteiger partial charge in [-0.3, -0.25) is 10.1 Å². The van der Waals surface area contributed by atoms with Crippen LogP contribution >= 0.6 is 11.6 Å². The lowest BCUT2D eigenvalue weighted by molar-refractivity contribution is -0.385. The Hall–Kier alpha value is -1.21. The number of benzene rings is 1. The highest BCUT2D eigenvalue weighted by Crippen LogP contribution is 2.22. The molecule has 1 saturated heterocycles. The maximum Gasteiger partial charge on any atom is 0.273 e. The summed E-state index contributed by atoms with van der Waals surface area (Å²) in [4.78, 5) is 10.5. The van der Waals surface area contributed by atoms with Crippen LogP contribution in [0.25, 0.3) is 0 Å². The second kappa shape index (κ2) is 6.81. The minimum Gasteiger partial charge on any atom is -0.376 e. The molecule has 0 spiro atoms. The number of ether oxygens (including phenoxy) is 2. The molecule has 1 fully saturated rings. The van der Waals surface area contributed by atoms with Crippen LogP contribution in [0.4, 0.5) is 5.69 Å². The average molecular weight is 287 g/mol. The fraction of sp³-hybridized carbons (Fsp3) is 0.500. The number of hydrogen-bond acceptors (Lipinski definition) is 5. The summed E-state index contributed by atoms with van der Waals surface area (Å²) >= 11 is 5.85. The molecule has 6 nitrogen and oxygen atoms in total. The smallest absolute Gasteiger partial charge is 0.273 e. The van der Waals surface area contributed by atoms with Crippen molar-refractivity contribution in [3.05, 3.63) is 38.9 Å². The molecule has 0 radical (unpaired) electrons. The fourth-order valence-electron chi connectivity index (χ4n) is 1.90. The Morgan fingerprint density at radius 1 is 1.47 bits per heavy atom. The van der Waals surface area contributed by atoms with Crippen LogP contribution < -0.4 is 5.32 Å². The summed E-state index contributed by atoms with van der Waals surface area (Å²) in [6.45, 7) is 2.71. The van der Waals surface area contributed by atoms with Crippen LogP contribution in [-0.4, -0.2) is 37.4 Å². The van der Waals surface area contributed by atoms with Crippen molar-refractivity contribution in [2.24, 2.45) is 0 Å². The molecular formula is C12H15ClN2O4. The van der Waals surface area contributed by atoms with Gasteiger partial charge in [-0.15, -0.1) is 0 Å². The molecule has 19 heavy (non-hydrogen) atoms. The van der Waals surface area contributed by atoms with Crippen molar-refractivity contribution < 1.29 is 14.4 Å². The molecule has 1 aliphatic heterocycles. The molecule has 0 aromatic heterocycles. The van der Waals surface area contributed by atoms with Crippen molar-refractivity contribution in [1.82, 2.24) is 5.32 Å². The Labute approximate surface area is 115 Å². The van der Waals surface area contributed by atoms with E-state index in [2.05, 4.69) is 5.32 Å². The molecule has 1 heterocycles. The molecular weight excluding hydrogens is 272 g/mol. The van der Waals surface area contributed by atoms with E-state index in [9.17, 15) is 10.1 Å². The van der Waals surface area contributed by atoms with Crippen molar-refractivity contribution in [1.29, 1.82) is 0 Å². The SMILES string of the molecule is O=[N+]([O-])c1ccc(Cl)cc1CNCC1COCCO1. The van der Waals surface area contributed by atoms with Crippen LogP contribution in [0.5, 0.6) is 0 Å². The van der Waals surface area contributed by atoms with Crippen molar-refractivity contribution in [2.75, 3.05) is 26.4 Å². The van der Waals surface area contributed by atoms with Gasteiger partial charge in [-0.2, -0.15) is 0 Å². The first-order valence-electron chi connectivity index (χ1n) is 5.99. The third-order valence-corrected chi connectivity index (χ3v) is 3.05. The molecule has 7 heteroatoms. The molecule has 1 unspecified atom stereocenters. The van der Waals surface area contributed by atoms with E-state index < -0.39 is 4.92 Å². The summed E-state index contributed by atoms with van der Waals surface area (Å²) in [7, 11) is 0. The van der Waals surface area contributed by atoms with Gasteiger partial charge in [-0.05, 0) is 12.1 Å². The summed E-state index contributed by atoms with van der Waals surface area (Å²) in [5, 5.41) is 14.5. The van der Waals surface area contributed by atoms with Gasteiger partial charge in [-0.25, -0.2) is 0 Å². The first-order chi connectivity index (χ1) is 9.16. The maximum absolute atomic E-state index is 10.9. The molecule has 2 rings (SSSR count). The van der Waals surface area contributed by atoms with Gasteiger partial charge in [0.15, 0.2) is 0 Å². The second-order valence-electron chi connectivity index (χ2n) is 4.23. The van der Waals surface area contributed by atoms with Gasteiger partial charge < -0.3 is 14.8 Å². The molecule has 1 N–H and O–H groups in total. The van der Waals surface area contributed by atoms with Crippen molar-refractivity contribution >= 4 is 17.3 Å². The van der Waals surface area contributed by atoms with E-state index in [0.717, 1.165) is 0 Å². The van der Waals surface area contributed by atoms with Gasteiger partial charge in [0.25, 0.3) is 5.69 Å². The van der Waals surface area contributed by atoms with Crippen LogP contribution in [0, 0.1) is 10.1 Å². The molecule has 104 valence electrons. The van der Waals surface area contributed by atoms with Gasteiger partial charge in [0, 0.05) is 29.7 Å². The number of rotatable bonds is 5. The highest BCUT2D eigenvalue weighted by atomic mass is 35.5. The third-order valence-electron chi connectivity index (χ3n) is 2.81. The molecule has 0 saturated carbocycles. The predicted octanol–water partition coefficient (Wildman–Crippen LogP) is 1.75. The number of halogens is 1. The summed E-state index contributed by atoms with van der Waals surface area (Å²) in [6.07, 6.45) is -0.00742. The van der Waals surface area contributed by atoms with Gasteiger partial charge in [0.05, 0.1) is 30.8 Å². The minimum absolute atomic E-state index is 0.00742. The number of hydrogen-bond donors (Lipinski definition) is 1. The first kappa shape index (κ1) is 14.2. The number of nitro groups is 1. The minimum atomic E-state index is -0.409. The van der Waals surface area contributed by atoms with Crippen LogP contribution in [-0.2, 0) is 16.0 Å². The summed E-state index contributed by atoms with van der Waals surface area (Å²) in [5.41, 5.74) is 0.631. The lowest BCUT2D eigenvalue weighted by atomic mass is 10.2. The average Bonchev–Trinajstić information content (AvgIpc) is 2.39. The Kier molecular flexibility index (Phi) is 5.09. The van der Waals surface area contributed by atoms with Crippen molar-refractivity contribution in [3.63, 3.8) is 0 Å². The predicted molar refractivity (Wildman–Crippen MR) is 70.4 cm³/mol. The number of nitrogens with one attached hydrogen (secondary N) is 1. The molecule has 1 aromatic carbocycles. The zero-order valence-corrected chi connectivity index (χ0v) is 11.1. The van der Waals surface area contributed by atoms with E-state index in [4.69, 9.17) is 21.1 Å². The molecule has 1 aliphatic rings. The largest absolute Gasteiger partial charge is 0.376 e. The molecule has 0 amide bonds. The monoisotopic (exact) mass is 286 g/mol. The first-order valence-corrected chi connectivity index (χ1v) is 6.37. The molecule has 1 aromatic rings. The number of nitrogens with zero attached hydrogens (tertiary/aromatic N) is 1. The Bertz CT molecular complexity index is 449. The third kappa shape index (κ3) is 4.14. The quantitative estimate of drug-likeness (QED) is 0.659. The highest BCUT2D eigenvalue weighted by molar-refractivity contribution is 6.30. The van der Waals surface area contributed by atoms with Crippen LogP contribution in [0.3, 0.4) is 0 Å². The van der Waals surface area contributed by atoms with E-state index in [1.54, 1.807) is 6.07 Å². The Morgan fingerprint density at radius 2 is 2.32 bits per heavy atom. The Morgan fingerprint density at radius 3 is 3.00 bits per heavy atom. The highest BCUT2D eigenvalue weighted by Gasteiger charge is 2.16. The number of nitro benzene ring substituents is 1. The van der Waals surface area contributed by atoms with E-state index in [1.165, 1.54) is 12.1 Å². The van der Waals surface area contributed by atoms with E-state index in [-0.39, 0.29) is 11.8 Å². The summed E-state index contributed by atoms with van der Waals surface area (Å²) in [5.74, 6) is 0. The molecule has 1 atom stereocenters. The maximum atomic E-state index is 10.9. The lowest BCUT2D eigenvalue weighted by Crippen LogP contribution is -2.37. The van der Waals surface area contributed by atoms with Gasteiger partial charge >= 0.3 is 0 Å². The van der Waals surface area contributed by atoms with Gasteiger partial charge in [-0.1, -0.05) is 11.6 Å². The van der Waals surface area contributed by atoms with Crippen LogP contribution in [0.2, 0.25) is 5.02 Å². The van der Waals surface area contributed by atoms with Gasteiger partial charge in [0.1, 0.15) is 0 Å². The van der Waals surface area contributed by atoms with Crippen LogP contribution in [0.15, 0.2) is 18.2 Å².